The number of hydrogen-bond donors (Lipinski definition) is 1. The van der Waals surface area contributed by atoms with E-state index in [2.05, 4.69) is 30.7 Å². The predicted molar refractivity (Wildman–Crippen MR) is 136 cm³/mol. The van der Waals surface area contributed by atoms with Crippen molar-refractivity contribution < 1.29 is 14.3 Å². The number of ether oxygens (including phenoxy) is 2. The van der Waals surface area contributed by atoms with E-state index in [4.69, 9.17) is 14.9 Å². The third kappa shape index (κ3) is 5.06. The van der Waals surface area contributed by atoms with Gasteiger partial charge in [0.1, 0.15) is 17.3 Å². The number of methoxy groups -OCH3 is 1. The maximum absolute atomic E-state index is 13.4. The van der Waals surface area contributed by atoms with Crippen molar-refractivity contribution in [3.8, 4) is 5.75 Å². The highest BCUT2D eigenvalue weighted by Crippen LogP contribution is 2.40. The molecule has 1 N–H and O–H groups in total. The lowest BCUT2D eigenvalue weighted by atomic mass is 9.84. The molecule has 0 bridgehead atoms. The molecular weight excluding hydrogens is 484 g/mol. The molecule has 8 heteroatoms. The average molecular weight is 517 g/mol. The monoisotopic (exact) mass is 516 g/mol. The number of halogens is 1. The van der Waals surface area contributed by atoms with Crippen molar-refractivity contribution >= 4 is 34.3 Å². The molecule has 0 radical (unpaired) electrons. The fraction of sp³-hybridized carbons (Fsp3) is 0.480. The topological polar surface area (TPSA) is 78.8 Å². The minimum atomic E-state index is -0.194. The molecule has 2 aliphatic heterocycles. The highest BCUT2D eigenvalue weighted by atomic mass is 79.9. The largest absolute Gasteiger partial charge is 0.494 e. The first-order valence-electron chi connectivity index (χ1n) is 11.1. The van der Waals surface area contributed by atoms with Gasteiger partial charge in [-0.3, -0.25) is 10.2 Å². The Kier molecular flexibility index (Phi) is 7.49. The lowest BCUT2D eigenvalue weighted by Crippen LogP contribution is -2.37. The van der Waals surface area contributed by atoms with E-state index < -0.39 is 0 Å². The smallest absolute Gasteiger partial charge is 0.182 e. The minimum Gasteiger partial charge on any atom is -0.494 e. The van der Waals surface area contributed by atoms with Crippen LogP contribution in [-0.2, 0) is 16.7 Å². The summed E-state index contributed by atoms with van der Waals surface area (Å²) in [6, 6.07) is 7.85. The second kappa shape index (κ2) is 9.81. The molecule has 1 aromatic carbocycles. The Morgan fingerprint density at radius 2 is 1.91 bits per heavy atom. The number of carbonyl (C=O) groups is 1. The van der Waals surface area contributed by atoms with E-state index in [9.17, 15) is 4.79 Å². The van der Waals surface area contributed by atoms with E-state index in [0.717, 1.165) is 41.3 Å². The van der Waals surface area contributed by atoms with Crippen LogP contribution in [-0.4, -0.2) is 61.5 Å². The molecule has 0 atom stereocenters. The standard InChI is InChI=1S/C25H32N4O3.BrH/c1-16-6-7-17-14-29(24(26)22(17)27-16)15-21(30)18-12-19(25(2,3)4)23(31-5)20(13-18)28-8-10-32-11-9-28;/h6-7,12-13,26H,8-11,14-15H2,1-5H3;1H. The number of amidine groups is 1. The first-order valence-corrected chi connectivity index (χ1v) is 11.1. The van der Waals surface area contributed by atoms with Crippen LogP contribution in [0.15, 0.2) is 24.3 Å². The summed E-state index contributed by atoms with van der Waals surface area (Å²) in [6.07, 6.45) is 0. The van der Waals surface area contributed by atoms with E-state index >= 15 is 0 Å². The van der Waals surface area contributed by atoms with E-state index in [-0.39, 0.29) is 34.7 Å². The molecule has 0 unspecified atom stereocenters. The Bertz CT molecular complexity index is 1060. The van der Waals surface area contributed by atoms with Crippen LogP contribution in [0.5, 0.6) is 5.75 Å². The number of anilines is 1. The molecule has 0 amide bonds. The Balaban J connectivity index is 0.00000306. The number of carbonyl (C=O) groups excluding carboxylic acids is 1. The molecule has 33 heavy (non-hydrogen) atoms. The number of ketones is 1. The van der Waals surface area contributed by atoms with E-state index in [1.165, 1.54) is 0 Å². The number of nitrogens with one attached hydrogen (secondary N) is 1. The number of fused-ring (bicyclic) bond motifs is 1. The SMILES string of the molecule is Br.COc1c(N2CCOCC2)cc(C(=O)CN2Cc3ccc(C)nc3C2=N)cc1C(C)(C)C. The molecule has 178 valence electrons. The summed E-state index contributed by atoms with van der Waals surface area (Å²) >= 11 is 0. The molecule has 3 heterocycles. The first kappa shape index (κ1) is 25.2. The van der Waals surface area contributed by atoms with Crippen molar-refractivity contribution in [2.24, 2.45) is 0 Å². The van der Waals surface area contributed by atoms with Crippen LogP contribution in [0.2, 0.25) is 0 Å². The van der Waals surface area contributed by atoms with Gasteiger partial charge in [0.05, 0.1) is 32.6 Å². The average Bonchev–Trinajstić information content (AvgIpc) is 3.07. The number of nitrogens with zero attached hydrogens (tertiary/aromatic N) is 3. The van der Waals surface area contributed by atoms with Gasteiger partial charge in [0.2, 0.25) is 0 Å². The second-order valence-corrected chi connectivity index (χ2v) is 9.51. The number of pyridine rings is 1. The summed E-state index contributed by atoms with van der Waals surface area (Å²) in [5.41, 5.74) is 4.94. The van der Waals surface area contributed by atoms with Crippen LogP contribution >= 0.6 is 17.0 Å². The zero-order chi connectivity index (χ0) is 23.0. The van der Waals surface area contributed by atoms with Gasteiger partial charge < -0.3 is 19.3 Å². The first-order chi connectivity index (χ1) is 15.2. The number of aryl methyl sites for hydroxylation is 1. The van der Waals surface area contributed by atoms with Gasteiger partial charge in [-0.1, -0.05) is 26.8 Å². The third-order valence-electron chi connectivity index (χ3n) is 6.11. The molecule has 2 aliphatic rings. The van der Waals surface area contributed by atoms with Gasteiger partial charge in [-0.15, -0.1) is 17.0 Å². The Morgan fingerprint density at radius 3 is 2.55 bits per heavy atom. The van der Waals surface area contributed by atoms with E-state index in [1.807, 2.05) is 31.2 Å². The summed E-state index contributed by atoms with van der Waals surface area (Å²) in [5.74, 6) is 1.12. The molecule has 0 saturated carbocycles. The summed E-state index contributed by atoms with van der Waals surface area (Å²) < 4.78 is 11.4. The van der Waals surface area contributed by atoms with E-state index in [1.54, 1.807) is 12.0 Å². The van der Waals surface area contributed by atoms with Gasteiger partial charge in [0.15, 0.2) is 5.78 Å². The van der Waals surface area contributed by atoms with Crippen LogP contribution in [0.4, 0.5) is 5.69 Å². The maximum Gasteiger partial charge on any atom is 0.182 e. The summed E-state index contributed by atoms with van der Waals surface area (Å²) in [4.78, 5) is 22.0. The van der Waals surface area contributed by atoms with Crippen molar-refractivity contribution in [3.63, 3.8) is 0 Å². The number of hydrogen-bond acceptors (Lipinski definition) is 6. The van der Waals surface area contributed by atoms with Crippen molar-refractivity contribution in [3.05, 3.63) is 52.3 Å². The van der Waals surface area contributed by atoms with Crippen LogP contribution < -0.4 is 9.64 Å². The van der Waals surface area contributed by atoms with Gasteiger partial charge in [-0.05, 0) is 30.5 Å². The predicted octanol–water partition coefficient (Wildman–Crippen LogP) is 4.13. The molecule has 1 aromatic heterocycles. The number of benzene rings is 1. The van der Waals surface area contributed by atoms with Crippen LogP contribution in [0.1, 0.15) is 53.6 Å². The van der Waals surface area contributed by atoms with Crippen LogP contribution in [0.3, 0.4) is 0 Å². The molecule has 0 spiro atoms. The summed E-state index contributed by atoms with van der Waals surface area (Å²) in [7, 11) is 1.69. The molecule has 2 aromatic rings. The zero-order valence-electron chi connectivity index (χ0n) is 20.0. The van der Waals surface area contributed by atoms with Crippen molar-refractivity contribution in [2.45, 2.75) is 39.7 Å². The van der Waals surface area contributed by atoms with Gasteiger partial charge in [-0.2, -0.15) is 0 Å². The molecule has 1 fully saturated rings. The summed E-state index contributed by atoms with van der Waals surface area (Å²) in [5, 5.41) is 8.52. The third-order valence-corrected chi connectivity index (χ3v) is 6.11. The number of Topliss-reactive ketones (excluding diaryl/α,β-unsaturated/α-hetero) is 1. The van der Waals surface area contributed by atoms with Crippen molar-refractivity contribution in [2.75, 3.05) is 44.9 Å². The van der Waals surface area contributed by atoms with Crippen molar-refractivity contribution in [1.82, 2.24) is 9.88 Å². The van der Waals surface area contributed by atoms with E-state index in [0.29, 0.717) is 36.9 Å². The van der Waals surface area contributed by atoms with Crippen LogP contribution in [0.25, 0.3) is 0 Å². The zero-order valence-corrected chi connectivity index (χ0v) is 21.7. The van der Waals surface area contributed by atoms with Gasteiger partial charge >= 0.3 is 0 Å². The fourth-order valence-electron chi connectivity index (χ4n) is 4.34. The highest BCUT2D eigenvalue weighted by molar-refractivity contribution is 8.93. The fourth-order valence-corrected chi connectivity index (χ4v) is 4.34. The van der Waals surface area contributed by atoms with Crippen LogP contribution in [0, 0.1) is 12.3 Å². The normalized spacial score (nSPS) is 15.8. The van der Waals surface area contributed by atoms with Gasteiger partial charge in [0, 0.05) is 42.0 Å². The van der Waals surface area contributed by atoms with Gasteiger partial charge in [0.25, 0.3) is 0 Å². The minimum absolute atomic E-state index is 0. The molecular formula is C25H33BrN4O3. The Morgan fingerprint density at radius 1 is 1.21 bits per heavy atom. The number of rotatable bonds is 5. The maximum atomic E-state index is 13.4. The molecule has 0 aliphatic carbocycles. The lowest BCUT2D eigenvalue weighted by molar-refractivity contribution is 0.0962. The molecule has 4 rings (SSSR count). The highest BCUT2D eigenvalue weighted by Gasteiger charge is 2.30. The quantitative estimate of drug-likeness (QED) is 0.601. The molecule has 1 saturated heterocycles. The number of aromatic nitrogens is 1. The summed E-state index contributed by atoms with van der Waals surface area (Å²) in [6.45, 7) is 11.8. The lowest BCUT2D eigenvalue weighted by Gasteiger charge is -2.33. The van der Waals surface area contributed by atoms with Crippen molar-refractivity contribution in [1.29, 1.82) is 5.41 Å². The second-order valence-electron chi connectivity index (χ2n) is 9.51. The Labute approximate surface area is 206 Å². The number of morpholine rings is 1. The Hall–Kier alpha value is -2.45. The van der Waals surface area contributed by atoms with Gasteiger partial charge in [-0.25, -0.2) is 4.98 Å². The molecule has 7 nitrogen and oxygen atoms in total.